The lowest BCUT2D eigenvalue weighted by Gasteiger charge is -2.24. The van der Waals surface area contributed by atoms with Crippen LogP contribution >= 0.6 is 0 Å². The van der Waals surface area contributed by atoms with Crippen molar-refractivity contribution in [1.82, 2.24) is 0 Å². The molecule has 3 aliphatic carbocycles. The zero-order chi connectivity index (χ0) is 16.1. The van der Waals surface area contributed by atoms with E-state index in [0.29, 0.717) is 17.6 Å². The van der Waals surface area contributed by atoms with Crippen molar-refractivity contribution in [2.75, 3.05) is 6.61 Å². The Balaban J connectivity index is 1.87. The van der Waals surface area contributed by atoms with Gasteiger partial charge in [-0.05, 0) is 24.8 Å². The minimum absolute atomic E-state index is 0.0178. The number of fused-ring (bicyclic) bond motifs is 5. The summed E-state index contributed by atoms with van der Waals surface area (Å²) in [5, 5.41) is 0. The first-order chi connectivity index (χ1) is 11.1. The van der Waals surface area contributed by atoms with Crippen LogP contribution in [0, 0.1) is 23.7 Å². The summed E-state index contributed by atoms with van der Waals surface area (Å²) in [4.78, 5) is 37.8. The van der Waals surface area contributed by atoms with Crippen molar-refractivity contribution in [3.05, 3.63) is 41.5 Å². The SMILES string of the molecule is CCOC(=O)C1=C(c2ccccc2)C(=O)[C@H]2[C@@H]3CC(=O)[C@@H](C3)[C@@H]12. The molecule has 4 nitrogen and oxygen atoms in total. The third-order valence-electron chi connectivity index (χ3n) is 5.47. The van der Waals surface area contributed by atoms with Crippen LogP contribution in [0.4, 0.5) is 0 Å². The number of ether oxygens (including phenoxy) is 1. The van der Waals surface area contributed by atoms with E-state index in [0.717, 1.165) is 12.0 Å². The lowest BCUT2D eigenvalue weighted by molar-refractivity contribution is -0.139. The number of hydrogen-bond acceptors (Lipinski definition) is 4. The van der Waals surface area contributed by atoms with Crippen molar-refractivity contribution in [2.45, 2.75) is 19.8 Å². The van der Waals surface area contributed by atoms with Gasteiger partial charge < -0.3 is 4.74 Å². The van der Waals surface area contributed by atoms with Crippen LogP contribution < -0.4 is 0 Å². The van der Waals surface area contributed by atoms with Gasteiger partial charge in [0.1, 0.15) is 5.78 Å². The van der Waals surface area contributed by atoms with Gasteiger partial charge in [-0.1, -0.05) is 30.3 Å². The molecule has 1 aromatic carbocycles. The predicted molar refractivity (Wildman–Crippen MR) is 83.2 cm³/mol. The average molecular weight is 310 g/mol. The summed E-state index contributed by atoms with van der Waals surface area (Å²) >= 11 is 0. The molecule has 23 heavy (non-hydrogen) atoms. The van der Waals surface area contributed by atoms with Gasteiger partial charge in [0, 0.05) is 29.7 Å². The van der Waals surface area contributed by atoms with Crippen LogP contribution in [0.1, 0.15) is 25.3 Å². The van der Waals surface area contributed by atoms with Crippen LogP contribution in [-0.4, -0.2) is 24.1 Å². The first-order valence-electron chi connectivity index (χ1n) is 8.17. The van der Waals surface area contributed by atoms with E-state index in [2.05, 4.69) is 0 Å². The Bertz CT molecular complexity index is 731. The third-order valence-corrected chi connectivity index (χ3v) is 5.47. The molecule has 0 radical (unpaired) electrons. The summed E-state index contributed by atoms with van der Waals surface area (Å²) < 4.78 is 5.22. The zero-order valence-corrected chi connectivity index (χ0v) is 13.0. The van der Waals surface area contributed by atoms with Crippen molar-refractivity contribution in [2.24, 2.45) is 23.7 Å². The number of allylic oxidation sites excluding steroid dienone is 1. The van der Waals surface area contributed by atoms with E-state index in [1.165, 1.54) is 0 Å². The van der Waals surface area contributed by atoms with Gasteiger partial charge in [-0.3, -0.25) is 9.59 Å². The van der Waals surface area contributed by atoms with Crippen molar-refractivity contribution >= 4 is 23.1 Å². The Morgan fingerprint density at radius 3 is 2.61 bits per heavy atom. The molecule has 4 atom stereocenters. The fraction of sp³-hybridized carbons (Fsp3) is 0.421. The quantitative estimate of drug-likeness (QED) is 0.805. The topological polar surface area (TPSA) is 60.4 Å². The number of ketones is 2. The summed E-state index contributed by atoms with van der Waals surface area (Å²) in [5.74, 6) is -0.808. The monoisotopic (exact) mass is 310 g/mol. The predicted octanol–water partition coefficient (Wildman–Crippen LogP) is 2.43. The van der Waals surface area contributed by atoms with Crippen molar-refractivity contribution in [3.8, 4) is 0 Å². The summed E-state index contributed by atoms with van der Waals surface area (Å²) in [6.45, 7) is 2.01. The van der Waals surface area contributed by atoms with E-state index < -0.39 is 5.97 Å². The normalized spacial score (nSPS) is 31.7. The van der Waals surface area contributed by atoms with Gasteiger partial charge in [-0.15, -0.1) is 0 Å². The molecular weight excluding hydrogens is 292 g/mol. The summed E-state index contributed by atoms with van der Waals surface area (Å²) in [6.07, 6.45) is 1.22. The molecule has 0 N–H and O–H groups in total. The van der Waals surface area contributed by atoms with Crippen LogP contribution in [0.15, 0.2) is 35.9 Å². The Morgan fingerprint density at radius 1 is 1.17 bits per heavy atom. The van der Waals surface area contributed by atoms with Crippen LogP contribution in [0.5, 0.6) is 0 Å². The Labute approximate surface area is 134 Å². The molecular formula is C19H18O4. The number of benzene rings is 1. The molecule has 0 heterocycles. The van der Waals surface area contributed by atoms with Crippen LogP contribution in [0.3, 0.4) is 0 Å². The molecule has 2 bridgehead atoms. The minimum Gasteiger partial charge on any atom is -0.463 e. The van der Waals surface area contributed by atoms with E-state index in [1.54, 1.807) is 6.92 Å². The van der Waals surface area contributed by atoms with Crippen molar-refractivity contribution in [3.63, 3.8) is 0 Å². The maximum Gasteiger partial charge on any atom is 0.335 e. The number of esters is 1. The Kier molecular flexibility index (Phi) is 3.22. The van der Waals surface area contributed by atoms with Crippen molar-refractivity contribution in [1.29, 1.82) is 0 Å². The highest BCUT2D eigenvalue weighted by Gasteiger charge is 2.61. The van der Waals surface area contributed by atoms with Crippen LogP contribution in [0.25, 0.3) is 5.57 Å². The smallest absolute Gasteiger partial charge is 0.335 e. The molecule has 0 amide bonds. The lowest BCUT2D eigenvalue weighted by Crippen LogP contribution is -2.31. The Hall–Kier alpha value is -2.23. The number of Topliss-reactive ketones (excluding diaryl/α,β-unsaturated/α-hetero) is 2. The molecule has 0 aromatic heterocycles. The van der Waals surface area contributed by atoms with Gasteiger partial charge in [0.15, 0.2) is 5.78 Å². The fourth-order valence-electron chi connectivity index (χ4n) is 4.69. The van der Waals surface area contributed by atoms with Gasteiger partial charge in [0.25, 0.3) is 0 Å². The summed E-state index contributed by atoms with van der Waals surface area (Å²) in [6, 6.07) is 9.27. The van der Waals surface area contributed by atoms with E-state index in [-0.39, 0.29) is 41.8 Å². The number of carbonyl (C=O) groups is 3. The molecule has 3 aliphatic rings. The van der Waals surface area contributed by atoms with Gasteiger partial charge in [0.2, 0.25) is 0 Å². The second kappa shape index (κ2) is 5.15. The maximum atomic E-state index is 13.0. The van der Waals surface area contributed by atoms with Crippen molar-refractivity contribution < 1.29 is 19.1 Å². The zero-order valence-electron chi connectivity index (χ0n) is 13.0. The third kappa shape index (κ3) is 1.94. The highest BCUT2D eigenvalue weighted by molar-refractivity contribution is 6.31. The molecule has 0 saturated heterocycles. The van der Waals surface area contributed by atoms with E-state index >= 15 is 0 Å². The molecule has 4 rings (SSSR count). The highest BCUT2D eigenvalue weighted by Crippen LogP contribution is 2.59. The molecule has 2 saturated carbocycles. The second-order valence-corrected chi connectivity index (χ2v) is 6.56. The van der Waals surface area contributed by atoms with E-state index in [9.17, 15) is 14.4 Å². The van der Waals surface area contributed by atoms with Gasteiger partial charge in [-0.25, -0.2) is 4.79 Å². The average Bonchev–Trinajstić information content (AvgIpc) is 3.18. The number of hydrogen-bond donors (Lipinski definition) is 0. The largest absolute Gasteiger partial charge is 0.463 e. The minimum atomic E-state index is -0.437. The summed E-state index contributed by atoms with van der Waals surface area (Å²) in [7, 11) is 0. The molecule has 0 unspecified atom stereocenters. The van der Waals surface area contributed by atoms with Gasteiger partial charge >= 0.3 is 5.97 Å². The maximum absolute atomic E-state index is 13.0. The van der Waals surface area contributed by atoms with Crippen LogP contribution in [0.2, 0.25) is 0 Å². The first kappa shape index (κ1) is 14.4. The van der Waals surface area contributed by atoms with E-state index in [4.69, 9.17) is 4.74 Å². The molecule has 2 fully saturated rings. The molecule has 0 spiro atoms. The lowest BCUT2D eigenvalue weighted by atomic mass is 9.78. The molecule has 0 aliphatic heterocycles. The first-order valence-corrected chi connectivity index (χ1v) is 8.17. The summed E-state index contributed by atoms with van der Waals surface area (Å²) in [5.41, 5.74) is 1.67. The second-order valence-electron chi connectivity index (χ2n) is 6.56. The number of carbonyl (C=O) groups excluding carboxylic acids is 3. The Morgan fingerprint density at radius 2 is 1.91 bits per heavy atom. The highest BCUT2D eigenvalue weighted by atomic mass is 16.5. The standard InChI is InChI=1S/C19H18O4/c1-2-23-19(22)17-14(10-6-4-3-5-7-10)18(21)15-11-8-12(16(15)17)13(20)9-11/h3-7,11-12,15-16H,2,8-9H2,1H3/t11-,12+,15-,16+/m0/s1. The molecule has 118 valence electrons. The van der Waals surface area contributed by atoms with Gasteiger partial charge in [-0.2, -0.15) is 0 Å². The van der Waals surface area contributed by atoms with E-state index in [1.807, 2.05) is 30.3 Å². The van der Waals surface area contributed by atoms with Gasteiger partial charge in [0.05, 0.1) is 12.2 Å². The molecule has 1 aromatic rings. The number of rotatable bonds is 3. The molecule has 4 heteroatoms. The van der Waals surface area contributed by atoms with Crippen LogP contribution in [-0.2, 0) is 19.1 Å². The fourth-order valence-corrected chi connectivity index (χ4v) is 4.69.